The Labute approximate surface area is 139 Å². The number of halogens is 1. The number of thiazole rings is 1. The number of nitrogens with zero attached hydrogens (tertiary/aromatic N) is 1. The van der Waals surface area contributed by atoms with Crippen LogP contribution in [0.1, 0.15) is 52.5 Å². The van der Waals surface area contributed by atoms with Gasteiger partial charge >= 0.3 is 0 Å². The van der Waals surface area contributed by atoms with Crippen LogP contribution in [-0.4, -0.2) is 11.5 Å². The number of benzene rings is 1. The van der Waals surface area contributed by atoms with Gasteiger partial charge in [-0.1, -0.05) is 35.0 Å². The number of nitrogens with one attached hydrogen (secondary N) is 1. The molecule has 0 saturated heterocycles. The number of rotatable bonds is 5. The van der Waals surface area contributed by atoms with E-state index in [2.05, 4.69) is 53.3 Å². The van der Waals surface area contributed by atoms with Crippen molar-refractivity contribution in [3.05, 3.63) is 49.4 Å². The molecule has 0 amide bonds. The van der Waals surface area contributed by atoms with Gasteiger partial charge in [0.05, 0.1) is 11.7 Å². The van der Waals surface area contributed by atoms with E-state index in [1.165, 1.54) is 44.0 Å². The zero-order valence-electron chi connectivity index (χ0n) is 12.6. The van der Waals surface area contributed by atoms with Crippen molar-refractivity contribution in [2.24, 2.45) is 0 Å². The molecule has 112 valence electrons. The van der Waals surface area contributed by atoms with Crippen molar-refractivity contribution < 1.29 is 0 Å². The van der Waals surface area contributed by atoms with Crippen molar-refractivity contribution in [3.8, 4) is 0 Å². The maximum atomic E-state index is 4.92. The van der Waals surface area contributed by atoms with Gasteiger partial charge in [-0.25, -0.2) is 4.98 Å². The summed E-state index contributed by atoms with van der Waals surface area (Å²) in [6.07, 6.45) is 4.79. The molecular formula is C17H21BrN2S. The van der Waals surface area contributed by atoms with Crippen LogP contribution in [0, 0.1) is 6.92 Å². The summed E-state index contributed by atoms with van der Waals surface area (Å²) in [5.74, 6) is 0. The first-order chi connectivity index (χ1) is 10.2. The van der Waals surface area contributed by atoms with Crippen molar-refractivity contribution in [2.75, 3.05) is 6.54 Å². The Morgan fingerprint density at radius 3 is 2.95 bits per heavy atom. The number of aromatic nitrogens is 1. The number of hydrogen-bond donors (Lipinski definition) is 1. The summed E-state index contributed by atoms with van der Waals surface area (Å²) in [6, 6.07) is 6.85. The largest absolute Gasteiger partial charge is 0.304 e. The maximum absolute atomic E-state index is 4.92. The van der Waals surface area contributed by atoms with E-state index in [1.54, 1.807) is 0 Å². The van der Waals surface area contributed by atoms with Crippen molar-refractivity contribution in [1.29, 1.82) is 0 Å². The molecule has 0 aliphatic heterocycles. The van der Waals surface area contributed by atoms with E-state index in [-0.39, 0.29) is 6.04 Å². The highest BCUT2D eigenvalue weighted by molar-refractivity contribution is 9.10. The Hall–Kier alpha value is -0.710. The second-order valence-electron chi connectivity index (χ2n) is 5.67. The second kappa shape index (κ2) is 6.59. The van der Waals surface area contributed by atoms with Gasteiger partial charge in [0.25, 0.3) is 0 Å². The van der Waals surface area contributed by atoms with Gasteiger partial charge in [-0.3, -0.25) is 0 Å². The van der Waals surface area contributed by atoms with Crippen LogP contribution in [0.3, 0.4) is 0 Å². The van der Waals surface area contributed by atoms with E-state index in [9.17, 15) is 0 Å². The SMILES string of the molecule is CCCNC(c1ccc(Br)c(C)c1)c1nc2c(s1)CCC2. The lowest BCUT2D eigenvalue weighted by atomic mass is 10.0. The molecule has 1 unspecified atom stereocenters. The van der Waals surface area contributed by atoms with Gasteiger partial charge in [0, 0.05) is 9.35 Å². The first-order valence-electron chi connectivity index (χ1n) is 7.67. The van der Waals surface area contributed by atoms with Gasteiger partial charge in [0.15, 0.2) is 0 Å². The van der Waals surface area contributed by atoms with Crippen LogP contribution >= 0.6 is 27.3 Å². The molecule has 1 N–H and O–H groups in total. The van der Waals surface area contributed by atoms with Gasteiger partial charge < -0.3 is 5.32 Å². The van der Waals surface area contributed by atoms with E-state index in [0.717, 1.165) is 19.4 Å². The summed E-state index contributed by atoms with van der Waals surface area (Å²) in [6.45, 7) is 5.37. The van der Waals surface area contributed by atoms with Crippen LogP contribution in [0.25, 0.3) is 0 Å². The molecule has 1 aromatic heterocycles. The molecule has 1 aromatic carbocycles. The van der Waals surface area contributed by atoms with Crippen LogP contribution < -0.4 is 5.32 Å². The highest BCUT2D eigenvalue weighted by Gasteiger charge is 2.23. The Bertz CT molecular complexity index is 614. The summed E-state index contributed by atoms with van der Waals surface area (Å²) in [5, 5.41) is 4.90. The number of hydrogen-bond acceptors (Lipinski definition) is 3. The van der Waals surface area contributed by atoms with Gasteiger partial charge in [0.1, 0.15) is 5.01 Å². The van der Waals surface area contributed by atoms with Crippen LogP contribution in [0.4, 0.5) is 0 Å². The molecule has 2 nitrogen and oxygen atoms in total. The molecule has 0 radical (unpaired) electrons. The fourth-order valence-electron chi connectivity index (χ4n) is 2.82. The summed E-state index contributed by atoms with van der Waals surface area (Å²) in [4.78, 5) is 6.42. The highest BCUT2D eigenvalue weighted by atomic mass is 79.9. The third kappa shape index (κ3) is 3.22. The van der Waals surface area contributed by atoms with Crippen molar-refractivity contribution >= 4 is 27.3 Å². The monoisotopic (exact) mass is 364 g/mol. The maximum Gasteiger partial charge on any atom is 0.115 e. The van der Waals surface area contributed by atoms with Crippen molar-refractivity contribution in [3.63, 3.8) is 0 Å². The molecule has 4 heteroatoms. The van der Waals surface area contributed by atoms with Crippen LogP contribution in [0.15, 0.2) is 22.7 Å². The van der Waals surface area contributed by atoms with Crippen LogP contribution in [0.2, 0.25) is 0 Å². The van der Waals surface area contributed by atoms with Gasteiger partial charge in [0.2, 0.25) is 0 Å². The van der Waals surface area contributed by atoms with Gasteiger partial charge in [-0.15, -0.1) is 11.3 Å². The molecule has 1 heterocycles. The first kappa shape index (κ1) is 15.2. The Balaban J connectivity index is 1.94. The van der Waals surface area contributed by atoms with Crippen molar-refractivity contribution in [2.45, 2.75) is 45.6 Å². The molecule has 3 rings (SSSR count). The third-order valence-corrected chi connectivity index (χ3v) is 6.08. The third-order valence-electron chi connectivity index (χ3n) is 3.97. The average molecular weight is 365 g/mol. The van der Waals surface area contributed by atoms with E-state index >= 15 is 0 Å². The lowest BCUT2D eigenvalue weighted by Crippen LogP contribution is -2.23. The van der Waals surface area contributed by atoms with Gasteiger partial charge in [-0.2, -0.15) is 0 Å². The Kier molecular flexibility index (Phi) is 4.77. The molecule has 0 bridgehead atoms. The highest BCUT2D eigenvalue weighted by Crippen LogP contribution is 2.34. The van der Waals surface area contributed by atoms with Crippen molar-refractivity contribution in [1.82, 2.24) is 10.3 Å². The molecule has 2 aromatic rings. The summed E-state index contributed by atoms with van der Waals surface area (Å²) in [5.41, 5.74) is 3.93. The normalized spacial score (nSPS) is 15.2. The molecule has 1 aliphatic rings. The molecule has 0 fully saturated rings. The smallest absolute Gasteiger partial charge is 0.115 e. The molecular weight excluding hydrogens is 344 g/mol. The zero-order chi connectivity index (χ0) is 14.8. The second-order valence-corrected chi connectivity index (χ2v) is 7.64. The summed E-state index contributed by atoms with van der Waals surface area (Å²) in [7, 11) is 0. The molecule has 0 spiro atoms. The summed E-state index contributed by atoms with van der Waals surface area (Å²) < 4.78 is 1.17. The topological polar surface area (TPSA) is 24.9 Å². The average Bonchev–Trinajstić information content (AvgIpc) is 3.04. The molecule has 1 aliphatic carbocycles. The summed E-state index contributed by atoms with van der Waals surface area (Å²) >= 11 is 5.49. The lowest BCUT2D eigenvalue weighted by molar-refractivity contribution is 0.594. The van der Waals surface area contributed by atoms with Crippen LogP contribution in [0.5, 0.6) is 0 Å². The minimum atomic E-state index is 0.229. The molecule has 21 heavy (non-hydrogen) atoms. The molecule has 0 saturated carbocycles. The predicted molar refractivity (Wildman–Crippen MR) is 93.2 cm³/mol. The quantitative estimate of drug-likeness (QED) is 0.824. The predicted octanol–water partition coefficient (Wildman–Crippen LogP) is 4.79. The standard InChI is InChI=1S/C17H21BrN2S/c1-3-9-19-16(12-7-8-13(18)11(2)10-12)17-20-14-5-4-6-15(14)21-17/h7-8,10,16,19H,3-6,9H2,1-2H3. The minimum Gasteiger partial charge on any atom is -0.304 e. The Morgan fingerprint density at radius 1 is 1.38 bits per heavy atom. The fraction of sp³-hybridized carbons (Fsp3) is 0.471. The molecule has 1 atom stereocenters. The van der Waals surface area contributed by atoms with E-state index in [0.29, 0.717) is 0 Å². The Morgan fingerprint density at radius 2 is 2.24 bits per heavy atom. The van der Waals surface area contributed by atoms with E-state index in [1.807, 2.05) is 11.3 Å². The van der Waals surface area contributed by atoms with E-state index in [4.69, 9.17) is 4.98 Å². The minimum absolute atomic E-state index is 0.229. The number of aryl methyl sites for hydroxylation is 3. The fourth-order valence-corrected chi connectivity index (χ4v) is 4.32. The van der Waals surface area contributed by atoms with E-state index < -0.39 is 0 Å². The first-order valence-corrected chi connectivity index (χ1v) is 9.28. The zero-order valence-corrected chi connectivity index (χ0v) is 15.0. The van der Waals surface area contributed by atoms with Crippen LogP contribution in [-0.2, 0) is 12.8 Å². The lowest BCUT2D eigenvalue weighted by Gasteiger charge is -2.18. The number of fused-ring (bicyclic) bond motifs is 1. The van der Waals surface area contributed by atoms with Gasteiger partial charge in [-0.05, 0) is 56.3 Å².